The number of amides is 3. The molecular formula is C25H43N5O5. The Morgan fingerprint density at radius 2 is 1.71 bits per heavy atom. The molecule has 2 saturated carbocycles. The van der Waals surface area contributed by atoms with E-state index in [2.05, 4.69) is 15.8 Å². The van der Waals surface area contributed by atoms with E-state index in [0.29, 0.717) is 25.4 Å². The second-order valence-electron chi connectivity index (χ2n) is 10.7. The molecule has 1 aliphatic heterocycles. The molecule has 10 nitrogen and oxygen atoms in total. The van der Waals surface area contributed by atoms with Crippen molar-refractivity contribution in [2.24, 2.45) is 28.6 Å². The fourth-order valence-corrected chi connectivity index (χ4v) is 5.81. The van der Waals surface area contributed by atoms with Crippen LogP contribution in [-0.4, -0.2) is 65.1 Å². The Balaban J connectivity index is 1.58. The highest BCUT2D eigenvalue weighted by Gasteiger charge is 2.41. The Bertz CT molecular complexity index is 759. The highest BCUT2D eigenvalue weighted by atomic mass is 16.6. The SMILES string of the molecule is CC(C)OC(=O)N[C@@H](C(=O)N1CCC[C@H]1C(=O)NCC1CCC(C(N)=NO)CC1)C1CCCCC1. The first-order valence-electron chi connectivity index (χ1n) is 13.3. The Morgan fingerprint density at radius 1 is 1.03 bits per heavy atom. The maximum absolute atomic E-state index is 13.6. The normalized spacial score (nSPS) is 26.9. The van der Waals surface area contributed by atoms with Crippen LogP contribution in [0.15, 0.2) is 5.16 Å². The first-order valence-corrected chi connectivity index (χ1v) is 13.3. The van der Waals surface area contributed by atoms with E-state index in [-0.39, 0.29) is 35.6 Å². The Hall–Kier alpha value is -2.52. The monoisotopic (exact) mass is 493 g/mol. The summed E-state index contributed by atoms with van der Waals surface area (Å²) in [6.45, 7) is 4.64. The Kier molecular flexibility index (Phi) is 10.0. The van der Waals surface area contributed by atoms with Crippen LogP contribution < -0.4 is 16.4 Å². The van der Waals surface area contributed by atoms with E-state index in [1.807, 2.05) is 0 Å². The lowest BCUT2D eigenvalue weighted by atomic mass is 9.81. The molecule has 1 saturated heterocycles. The van der Waals surface area contributed by atoms with Crippen LogP contribution in [0.1, 0.15) is 84.5 Å². The van der Waals surface area contributed by atoms with E-state index in [1.54, 1.807) is 18.7 Å². The number of likely N-dealkylation sites (tertiary alicyclic amines) is 1. The van der Waals surface area contributed by atoms with Crippen molar-refractivity contribution in [1.82, 2.24) is 15.5 Å². The minimum Gasteiger partial charge on any atom is -0.447 e. The molecule has 0 unspecified atom stereocenters. The van der Waals surface area contributed by atoms with Gasteiger partial charge < -0.3 is 31.2 Å². The predicted molar refractivity (Wildman–Crippen MR) is 132 cm³/mol. The van der Waals surface area contributed by atoms with Crippen LogP contribution in [-0.2, 0) is 14.3 Å². The van der Waals surface area contributed by atoms with Crippen molar-refractivity contribution in [3.63, 3.8) is 0 Å². The Labute approximate surface area is 208 Å². The lowest BCUT2D eigenvalue weighted by Crippen LogP contribution is -2.56. The molecule has 0 aromatic heterocycles. The van der Waals surface area contributed by atoms with Gasteiger partial charge in [0.05, 0.1) is 6.10 Å². The first-order chi connectivity index (χ1) is 16.8. The lowest BCUT2D eigenvalue weighted by Gasteiger charge is -2.34. The van der Waals surface area contributed by atoms with E-state index >= 15 is 0 Å². The van der Waals surface area contributed by atoms with Crippen LogP contribution in [0, 0.1) is 17.8 Å². The number of carbonyl (C=O) groups excluding carboxylic acids is 3. The number of amidine groups is 1. The maximum Gasteiger partial charge on any atom is 0.408 e. The smallest absolute Gasteiger partial charge is 0.408 e. The fraction of sp³-hybridized carbons (Fsp3) is 0.840. The Morgan fingerprint density at radius 3 is 2.34 bits per heavy atom. The second kappa shape index (κ2) is 13.0. The van der Waals surface area contributed by atoms with E-state index < -0.39 is 18.2 Å². The van der Waals surface area contributed by atoms with Crippen LogP contribution in [0.3, 0.4) is 0 Å². The minimum absolute atomic E-state index is 0.0605. The zero-order chi connectivity index (χ0) is 25.4. The summed E-state index contributed by atoms with van der Waals surface area (Å²) in [6.07, 6.45) is 9.02. The van der Waals surface area contributed by atoms with E-state index in [1.165, 1.54) is 0 Å². The summed E-state index contributed by atoms with van der Waals surface area (Å²) in [5, 5.41) is 17.9. The van der Waals surface area contributed by atoms with Crippen molar-refractivity contribution in [2.75, 3.05) is 13.1 Å². The van der Waals surface area contributed by atoms with Crippen LogP contribution in [0.5, 0.6) is 0 Å². The quantitative estimate of drug-likeness (QED) is 0.177. The number of nitrogens with zero attached hydrogens (tertiary/aromatic N) is 2. The molecule has 0 aromatic carbocycles. The van der Waals surface area contributed by atoms with Crippen LogP contribution >= 0.6 is 0 Å². The van der Waals surface area contributed by atoms with Crippen molar-refractivity contribution in [3.8, 4) is 0 Å². The third-order valence-electron chi connectivity index (χ3n) is 7.79. The van der Waals surface area contributed by atoms with Gasteiger partial charge in [-0.2, -0.15) is 0 Å². The first kappa shape index (κ1) is 27.1. The van der Waals surface area contributed by atoms with Crippen molar-refractivity contribution >= 4 is 23.7 Å². The number of rotatable bonds is 8. The topological polar surface area (TPSA) is 146 Å². The summed E-state index contributed by atoms with van der Waals surface area (Å²) in [5.74, 6) is 0.489. The molecule has 3 fully saturated rings. The number of hydrogen-bond acceptors (Lipinski definition) is 6. The van der Waals surface area contributed by atoms with Gasteiger partial charge in [0.1, 0.15) is 17.9 Å². The van der Waals surface area contributed by atoms with Gasteiger partial charge in [0.2, 0.25) is 11.8 Å². The largest absolute Gasteiger partial charge is 0.447 e. The standard InChI is InChI=1S/C25H43N5O5/c1-16(2)35-25(33)28-21(18-7-4-3-5-8-18)24(32)30-14-6-9-20(30)23(31)27-15-17-10-12-19(13-11-17)22(26)29-34/h16-21,34H,3-15H2,1-2H3,(H2,26,29)(H,27,31)(H,28,33)/t17?,19?,20-,21+/m0/s1. The molecule has 198 valence electrons. The molecule has 1 heterocycles. The zero-order valence-corrected chi connectivity index (χ0v) is 21.2. The fourth-order valence-electron chi connectivity index (χ4n) is 5.81. The summed E-state index contributed by atoms with van der Waals surface area (Å²) in [4.78, 5) is 40.8. The van der Waals surface area contributed by atoms with Gasteiger partial charge >= 0.3 is 6.09 Å². The van der Waals surface area contributed by atoms with Gasteiger partial charge in [-0.15, -0.1) is 0 Å². The molecule has 0 radical (unpaired) electrons. The van der Waals surface area contributed by atoms with Gasteiger partial charge in [-0.3, -0.25) is 9.59 Å². The molecule has 35 heavy (non-hydrogen) atoms. The van der Waals surface area contributed by atoms with Gasteiger partial charge in [-0.1, -0.05) is 24.4 Å². The number of nitrogens with two attached hydrogens (primary N) is 1. The average molecular weight is 494 g/mol. The van der Waals surface area contributed by atoms with Gasteiger partial charge in [0.25, 0.3) is 0 Å². The molecule has 0 spiro atoms. The third kappa shape index (κ3) is 7.48. The van der Waals surface area contributed by atoms with Crippen LogP contribution in [0.25, 0.3) is 0 Å². The third-order valence-corrected chi connectivity index (χ3v) is 7.79. The van der Waals surface area contributed by atoms with Crippen molar-refractivity contribution in [2.45, 2.75) is 103 Å². The molecule has 0 aromatic rings. The second-order valence-corrected chi connectivity index (χ2v) is 10.7. The molecule has 3 amide bonds. The summed E-state index contributed by atoms with van der Waals surface area (Å²) >= 11 is 0. The number of carbonyl (C=O) groups is 3. The van der Waals surface area contributed by atoms with E-state index in [4.69, 9.17) is 15.7 Å². The van der Waals surface area contributed by atoms with Crippen molar-refractivity contribution in [3.05, 3.63) is 0 Å². The van der Waals surface area contributed by atoms with Crippen molar-refractivity contribution in [1.29, 1.82) is 0 Å². The van der Waals surface area contributed by atoms with Gasteiger partial charge in [-0.25, -0.2) is 4.79 Å². The van der Waals surface area contributed by atoms with Crippen LogP contribution in [0.2, 0.25) is 0 Å². The zero-order valence-electron chi connectivity index (χ0n) is 21.2. The molecule has 10 heteroatoms. The summed E-state index contributed by atoms with van der Waals surface area (Å²) in [7, 11) is 0. The van der Waals surface area contributed by atoms with Gasteiger partial charge in [0, 0.05) is 19.0 Å². The number of nitrogens with one attached hydrogen (secondary N) is 2. The number of hydrogen-bond donors (Lipinski definition) is 4. The number of ether oxygens (including phenoxy) is 1. The average Bonchev–Trinajstić information content (AvgIpc) is 3.35. The van der Waals surface area contributed by atoms with Crippen LogP contribution in [0.4, 0.5) is 4.79 Å². The number of alkyl carbamates (subject to hydrolysis) is 1. The van der Waals surface area contributed by atoms with Crippen molar-refractivity contribution < 1.29 is 24.3 Å². The maximum atomic E-state index is 13.6. The molecule has 3 rings (SSSR count). The van der Waals surface area contributed by atoms with Gasteiger partial charge in [-0.05, 0) is 77.0 Å². The minimum atomic E-state index is -0.663. The lowest BCUT2D eigenvalue weighted by molar-refractivity contribution is -0.141. The highest BCUT2D eigenvalue weighted by Crippen LogP contribution is 2.30. The summed E-state index contributed by atoms with van der Waals surface area (Å²) in [5.41, 5.74) is 5.73. The predicted octanol–water partition coefficient (Wildman–Crippen LogP) is 2.73. The highest BCUT2D eigenvalue weighted by molar-refractivity contribution is 5.92. The number of oxime groups is 1. The molecule has 2 aliphatic carbocycles. The van der Waals surface area contributed by atoms with Gasteiger partial charge in [0.15, 0.2) is 0 Å². The molecule has 5 N–H and O–H groups in total. The van der Waals surface area contributed by atoms with E-state index in [0.717, 1.165) is 64.2 Å². The molecular weight excluding hydrogens is 450 g/mol. The molecule has 2 atom stereocenters. The summed E-state index contributed by atoms with van der Waals surface area (Å²) in [6, 6.07) is -1.17. The molecule has 0 bridgehead atoms. The van der Waals surface area contributed by atoms with E-state index in [9.17, 15) is 14.4 Å². The summed E-state index contributed by atoms with van der Waals surface area (Å²) < 4.78 is 5.26. The molecule has 3 aliphatic rings.